The molecule has 1 atom stereocenters. The van der Waals surface area contributed by atoms with Crippen molar-refractivity contribution in [2.45, 2.75) is 70.5 Å². The maximum Gasteiger partial charge on any atom is 0.244 e. The number of rotatable bonds is 6. The third-order valence-electron chi connectivity index (χ3n) is 4.35. The lowest BCUT2D eigenvalue weighted by molar-refractivity contribution is -0.133. The summed E-state index contributed by atoms with van der Waals surface area (Å²) in [4.78, 5) is 14.2. The fourth-order valence-electron chi connectivity index (χ4n) is 2.94. The Balaban J connectivity index is 1.89. The molecule has 1 saturated carbocycles. The van der Waals surface area contributed by atoms with Gasteiger partial charge in [0.2, 0.25) is 5.91 Å². The summed E-state index contributed by atoms with van der Waals surface area (Å²) in [5.41, 5.74) is 6.78. The van der Waals surface area contributed by atoms with Gasteiger partial charge in [-0.2, -0.15) is 0 Å². The molecule has 0 aliphatic heterocycles. The first-order chi connectivity index (χ1) is 10.1. The average molecular weight is 293 g/mol. The molecule has 1 aliphatic rings. The molecule has 0 aromatic carbocycles. The van der Waals surface area contributed by atoms with Gasteiger partial charge in [0.05, 0.1) is 17.9 Å². The number of likely N-dealkylation sites (N-methyl/N-ethyl adjacent to an activating group) is 1. The molecular formula is C15H27N5O. The minimum atomic E-state index is -0.0880. The first-order valence-electron chi connectivity index (χ1n) is 8.03. The van der Waals surface area contributed by atoms with E-state index in [1.165, 1.54) is 19.3 Å². The zero-order chi connectivity index (χ0) is 15.2. The maximum atomic E-state index is 12.3. The highest BCUT2D eigenvalue weighted by molar-refractivity contribution is 5.75. The Bertz CT molecular complexity index is 453. The van der Waals surface area contributed by atoms with Crippen LogP contribution in [-0.2, 0) is 11.3 Å². The van der Waals surface area contributed by atoms with Crippen LogP contribution in [-0.4, -0.2) is 38.9 Å². The van der Waals surface area contributed by atoms with Crippen molar-refractivity contribution < 1.29 is 4.79 Å². The van der Waals surface area contributed by atoms with Crippen LogP contribution in [0.4, 0.5) is 0 Å². The van der Waals surface area contributed by atoms with E-state index in [2.05, 4.69) is 17.2 Å². The second-order valence-corrected chi connectivity index (χ2v) is 6.03. The number of nitrogens with two attached hydrogens (primary N) is 1. The predicted octanol–water partition coefficient (Wildman–Crippen LogP) is 1.87. The van der Waals surface area contributed by atoms with Gasteiger partial charge < -0.3 is 10.6 Å². The molecule has 21 heavy (non-hydrogen) atoms. The van der Waals surface area contributed by atoms with Crippen LogP contribution in [0.3, 0.4) is 0 Å². The van der Waals surface area contributed by atoms with E-state index in [-0.39, 0.29) is 18.5 Å². The SMILES string of the molecule is CCCC(N)c1cn(CC(=O)N(C)C2CCCCC2)nn1. The normalized spacial score (nSPS) is 17.7. The maximum absolute atomic E-state index is 12.3. The highest BCUT2D eigenvalue weighted by atomic mass is 16.2. The van der Waals surface area contributed by atoms with E-state index >= 15 is 0 Å². The van der Waals surface area contributed by atoms with E-state index < -0.39 is 0 Å². The molecule has 6 heteroatoms. The van der Waals surface area contributed by atoms with Crippen LogP contribution < -0.4 is 5.73 Å². The van der Waals surface area contributed by atoms with Crippen molar-refractivity contribution in [2.75, 3.05) is 7.05 Å². The fourth-order valence-corrected chi connectivity index (χ4v) is 2.94. The molecule has 2 N–H and O–H groups in total. The lowest BCUT2D eigenvalue weighted by atomic mass is 9.94. The summed E-state index contributed by atoms with van der Waals surface area (Å²) in [6.45, 7) is 2.34. The van der Waals surface area contributed by atoms with Crippen LogP contribution in [0.1, 0.15) is 63.6 Å². The van der Waals surface area contributed by atoms with Gasteiger partial charge in [-0.05, 0) is 19.3 Å². The molecular weight excluding hydrogens is 266 g/mol. The number of hydrogen-bond donors (Lipinski definition) is 1. The Kier molecular flexibility index (Phi) is 5.73. The summed E-state index contributed by atoms with van der Waals surface area (Å²) >= 11 is 0. The molecule has 1 aliphatic carbocycles. The van der Waals surface area contributed by atoms with Crippen molar-refractivity contribution in [3.05, 3.63) is 11.9 Å². The minimum Gasteiger partial charge on any atom is -0.341 e. The lowest BCUT2D eigenvalue weighted by Crippen LogP contribution is -2.40. The van der Waals surface area contributed by atoms with Gasteiger partial charge in [0.25, 0.3) is 0 Å². The second kappa shape index (κ2) is 7.54. The number of nitrogens with zero attached hydrogens (tertiary/aromatic N) is 4. The zero-order valence-electron chi connectivity index (χ0n) is 13.2. The quantitative estimate of drug-likeness (QED) is 0.868. The lowest BCUT2D eigenvalue weighted by Gasteiger charge is -2.31. The van der Waals surface area contributed by atoms with Crippen molar-refractivity contribution in [3.63, 3.8) is 0 Å². The minimum absolute atomic E-state index is 0.0880. The topological polar surface area (TPSA) is 77.0 Å². The van der Waals surface area contributed by atoms with Gasteiger partial charge in [0.15, 0.2) is 0 Å². The first-order valence-corrected chi connectivity index (χ1v) is 8.03. The Morgan fingerprint density at radius 2 is 2.19 bits per heavy atom. The summed E-state index contributed by atoms with van der Waals surface area (Å²) in [6.07, 6.45) is 9.67. The van der Waals surface area contributed by atoms with Crippen molar-refractivity contribution in [3.8, 4) is 0 Å². The van der Waals surface area contributed by atoms with Crippen LogP contribution in [0.15, 0.2) is 6.20 Å². The third-order valence-corrected chi connectivity index (χ3v) is 4.35. The van der Waals surface area contributed by atoms with E-state index in [1.54, 1.807) is 10.9 Å². The molecule has 2 rings (SSSR count). The predicted molar refractivity (Wildman–Crippen MR) is 81.5 cm³/mol. The van der Waals surface area contributed by atoms with Crippen LogP contribution in [0.2, 0.25) is 0 Å². The van der Waals surface area contributed by atoms with Gasteiger partial charge in [0, 0.05) is 13.1 Å². The molecule has 1 fully saturated rings. The molecule has 6 nitrogen and oxygen atoms in total. The monoisotopic (exact) mass is 293 g/mol. The van der Waals surface area contributed by atoms with Crippen LogP contribution in [0.5, 0.6) is 0 Å². The highest BCUT2D eigenvalue weighted by Crippen LogP contribution is 2.21. The van der Waals surface area contributed by atoms with Crippen molar-refractivity contribution in [1.82, 2.24) is 19.9 Å². The molecule has 0 bridgehead atoms. The summed E-state index contributed by atoms with van der Waals surface area (Å²) in [5.74, 6) is 0.0995. The summed E-state index contributed by atoms with van der Waals surface area (Å²) in [7, 11) is 1.90. The van der Waals surface area contributed by atoms with E-state index in [0.717, 1.165) is 31.4 Å². The average Bonchev–Trinajstić information content (AvgIpc) is 2.96. The number of carbonyl (C=O) groups is 1. The number of carbonyl (C=O) groups excluding carboxylic acids is 1. The largest absolute Gasteiger partial charge is 0.341 e. The van der Waals surface area contributed by atoms with Crippen LogP contribution in [0.25, 0.3) is 0 Å². The first kappa shape index (κ1) is 15.9. The molecule has 1 aromatic heterocycles. The van der Waals surface area contributed by atoms with E-state index in [4.69, 9.17) is 5.73 Å². The molecule has 1 unspecified atom stereocenters. The van der Waals surface area contributed by atoms with E-state index in [0.29, 0.717) is 6.04 Å². The third kappa shape index (κ3) is 4.27. The zero-order valence-corrected chi connectivity index (χ0v) is 13.2. The summed E-state index contributed by atoms with van der Waals surface area (Å²) < 4.78 is 1.60. The molecule has 1 aromatic rings. The van der Waals surface area contributed by atoms with Gasteiger partial charge in [-0.3, -0.25) is 4.79 Å². The number of amides is 1. The summed E-state index contributed by atoms with van der Waals surface area (Å²) in [6, 6.07) is 0.298. The van der Waals surface area contributed by atoms with Gasteiger partial charge in [-0.15, -0.1) is 5.10 Å². The fraction of sp³-hybridized carbons (Fsp3) is 0.800. The van der Waals surface area contributed by atoms with Gasteiger partial charge in [-0.25, -0.2) is 4.68 Å². The van der Waals surface area contributed by atoms with Gasteiger partial charge in [0.1, 0.15) is 6.54 Å². The Labute approximate surface area is 126 Å². The Morgan fingerprint density at radius 3 is 2.86 bits per heavy atom. The van der Waals surface area contributed by atoms with E-state index in [1.807, 2.05) is 11.9 Å². The molecule has 0 radical (unpaired) electrons. The molecule has 0 spiro atoms. The number of aromatic nitrogens is 3. The molecule has 1 amide bonds. The molecule has 118 valence electrons. The molecule has 0 saturated heterocycles. The smallest absolute Gasteiger partial charge is 0.244 e. The second-order valence-electron chi connectivity index (χ2n) is 6.03. The van der Waals surface area contributed by atoms with Gasteiger partial charge in [-0.1, -0.05) is 37.8 Å². The van der Waals surface area contributed by atoms with Crippen molar-refractivity contribution in [2.24, 2.45) is 5.73 Å². The summed E-state index contributed by atoms with van der Waals surface area (Å²) in [5, 5.41) is 8.10. The van der Waals surface area contributed by atoms with E-state index in [9.17, 15) is 4.79 Å². The number of hydrogen-bond acceptors (Lipinski definition) is 4. The molecule has 1 heterocycles. The Morgan fingerprint density at radius 1 is 1.48 bits per heavy atom. The van der Waals surface area contributed by atoms with Gasteiger partial charge >= 0.3 is 0 Å². The highest BCUT2D eigenvalue weighted by Gasteiger charge is 2.22. The van der Waals surface area contributed by atoms with Crippen molar-refractivity contribution in [1.29, 1.82) is 0 Å². The van der Waals surface area contributed by atoms with Crippen molar-refractivity contribution >= 4 is 5.91 Å². The van der Waals surface area contributed by atoms with Crippen LogP contribution in [0, 0.1) is 0 Å². The Hall–Kier alpha value is -1.43. The standard InChI is InChI=1S/C15H27N5O/c1-3-7-13(16)14-10-20(18-17-14)11-15(21)19(2)12-8-5-4-6-9-12/h10,12-13H,3-9,11,16H2,1-2H3. The van der Waals surface area contributed by atoms with Crippen LogP contribution >= 0.6 is 0 Å².